The van der Waals surface area contributed by atoms with E-state index in [0.29, 0.717) is 11.1 Å². The number of nitrogens with one attached hydrogen (secondary N) is 1. The highest BCUT2D eigenvalue weighted by atomic mass is 32.2. The van der Waals surface area contributed by atoms with E-state index in [2.05, 4.69) is 5.32 Å². The number of sulfonamides is 1. The van der Waals surface area contributed by atoms with Gasteiger partial charge in [-0.2, -0.15) is 0 Å². The van der Waals surface area contributed by atoms with E-state index in [1.165, 1.54) is 5.38 Å². The number of ether oxygens (including phenoxy) is 1. The molecule has 1 aromatic heterocycles. The number of nitrogens with two attached hydrogens (primary N) is 1. The Morgan fingerprint density at radius 2 is 2.20 bits per heavy atom. The van der Waals surface area contributed by atoms with Crippen LogP contribution in [0.5, 0.6) is 0 Å². The van der Waals surface area contributed by atoms with Gasteiger partial charge in [0.25, 0.3) is 5.91 Å². The average Bonchev–Trinajstić information content (AvgIpc) is 2.94. The number of carbonyl (C=O) groups excluding carboxylic acids is 1. The molecule has 2 atom stereocenters. The molecular formula is C12H18N2O4S2. The third-order valence-corrected chi connectivity index (χ3v) is 6.23. The second-order valence-electron chi connectivity index (χ2n) is 4.95. The van der Waals surface area contributed by atoms with Crippen molar-refractivity contribution in [1.29, 1.82) is 0 Å². The number of amides is 1. The molecule has 6 nitrogen and oxygen atoms in total. The third kappa shape index (κ3) is 3.20. The van der Waals surface area contributed by atoms with Gasteiger partial charge in [0.15, 0.2) is 0 Å². The van der Waals surface area contributed by atoms with E-state index in [1.54, 1.807) is 14.0 Å². The maximum atomic E-state index is 12.2. The van der Waals surface area contributed by atoms with Crippen LogP contribution in [-0.4, -0.2) is 33.6 Å². The lowest BCUT2D eigenvalue weighted by Crippen LogP contribution is -2.33. The van der Waals surface area contributed by atoms with Crippen LogP contribution in [0.2, 0.25) is 0 Å². The maximum absolute atomic E-state index is 12.2. The van der Waals surface area contributed by atoms with Crippen molar-refractivity contribution in [1.82, 2.24) is 5.32 Å². The van der Waals surface area contributed by atoms with Gasteiger partial charge in [0.1, 0.15) is 4.21 Å². The van der Waals surface area contributed by atoms with Gasteiger partial charge in [-0.15, -0.1) is 11.3 Å². The van der Waals surface area contributed by atoms with Crippen molar-refractivity contribution < 1.29 is 17.9 Å². The highest BCUT2D eigenvalue weighted by molar-refractivity contribution is 7.91. The van der Waals surface area contributed by atoms with Crippen molar-refractivity contribution in [3.8, 4) is 0 Å². The zero-order valence-electron chi connectivity index (χ0n) is 11.4. The smallest absolute Gasteiger partial charge is 0.252 e. The topological polar surface area (TPSA) is 98.5 Å². The third-order valence-electron chi connectivity index (χ3n) is 3.55. The van der Waals surface area contributed by atoms with Gasteiger partial charge in [-0.3, -0.25) is 4.79 Å². The van der Waals surface area contributed by atoms with Crippen LogP contribution < -0.4 is 10.5 Å². The monoisotopic (exact) mass is 318 g/mol. The first-order valence-corrected chi connectivity index (χ1v) is 8.70. The predicted molar refractivity (Wildman–Crippen MR) is 76.3 cm³/mol. The fourth-order valence-corrected chi connectivity index (χ4v) is 4.46. The van der Waals surface area contributed by atoms with Gasteiger partial charge >= 0.3 is 0 Å². The van der Waals surface area contributed by atoms with E-state index in [0.717, 1.165) is 30.6 Å². The van der Waals surface area contributed by atoms with E-state index < -0.39 is 10.0 Å². The molecule has 1 fully saturated rings. The molecule has 1 saturated carbocycles. The van der Waals surface area contributed by atoms with Gasteiger partial charge in [0.05, 0.1) is 11.7 Å². The van der Waals surface area contributed by atoms with E-state index in [9.17, 15) is 13.2 Å². The van der Waals surface area contributed by atoms with Crippen LogP contribution >= 0.6 is 11.3 Å². The largest absolute Gasteiger partial charge is 0.381 e. The molecule has 2 unspecified atom stereocenters. The summed E-state index contributed by atoms with van der Waals surface area (Å²) < 4.78 is 28.0. The van der Waals surface area contributed by atoms with Gasteiger partial charge in [0, 0.05) is 18.5 Å². The molecule has 112 valence electrons. The second-order valence-corrected chi connectivity index (χ2v) is 7.58. The minimum absolute atomic E-state index is 0.0452. The first-order valence-electron chi connectivity index (χ1n) is 6.27. The minimum Gasteiger partial charge on any atom is -0.381 e. The van der Waals surface area contributed by atoms with Gasteiger partial charge < -0.3 is 10.1 Å². The fourth-order valence-electron chi connectivity index (χ4n) is 2.45. The Hall–Kier alpha value is -0.960. The van der Waals surface area contributed by atoms with Crippen molar-refractivity contribution in [2.45, 2.75) is 42.5 Å². The van der Waals surface area contributed by atoms with E-state index >= 15 is 0 Å². The average molecular weight is 318 g/mol. The summed E-state index contributed by atoms with van der Waals surface area (Å²) in [6.45, 7) is 1.60. The molecule has 0 radical (unpaired) electrons. The zero-order chi connectivity index (χ0) is 14.9. The summed E-state index contributed by atoms with van der Waals surface area (Å²) in [6.07, 6.45) is 2.76. The Morgan fingerprint density at radius 1 is 1.50 bits per heavy atom. The number of rotatable bonds is 4. The molecule has 20 heavy (non-hydrogen) atoms. The number of thiophene rings is 1. The Labute approximate surface area is 122 Å². The number of methoxy groups -OCH3 is 1. The zero-order valence-corrected chi connectivity index (χ0v) is 13.0. The van der Waals surface area contributed by atoms with E-state index in [-0.39, 0.29) is 22.3 Å². The lowest BCUT2D eigenvalue weighted by Gasteiger charge is -2.12. The predicted octanol–water partition coefficient (Wildman–Crippen LogP) is 1.00. The molecular weight excluding hydrogens is 300 g/mol. The van der Waals surface area contributed by atoms with Crippen LogP contribution in [0, 0.1) is 6.92 Å². The Kier molecular flexibility index (Phi) is 4.48. The van der Waals surface area contributed by atoms with Crippen LogP contribution in [0.25, 0.3) is 0 Å². The standard InChI is InChI=1S/C12H18N2O4S2/c1-7-10(6-19-12(7)20(13,16)17)11(15)14-8-3-4-9(5-8)18-2/h6,8-9H,3-5H2,1-2H3,(H,14,15)(H2,13,16,17). The summed E-state index contributed by atoms with van der Waals surface area (Å²) in [7, 11) is -2.10. The maximum Gasteiger partial charge on any atom is 0.252 e. The van der Waals surface area contributed by atoms with Crippen LogP contribution in [0.3, 0.4) is 0 Å². The van der Waals surface area contributed by atoms with Crippen molar-refractivity contribution in [2.24, 2.45) is 5.14 Å². The summed E-state index contributed by atoms with van der Waals surface area (Å²) in [5.74, 6) is -0.254. The van der Waals surface area contributed by atoms with Crippen LogP contribution in [0.4, 0.5) is 0 Å². The number of hydrogen-bond donors (Lipinski definition) is 2. The highest BCUT2D eigenvalue weighted by Gasteiger charge is 2.27. The first-order chi connectivity index (χ1) is 9.32. The second kappa shape index (κ2) is 5.80. The molecule has 1 aliphatic rings. The molecule has 8 heteroatoms. The SMILES string of the molecule is COC1CCC(NC(=O)c2csc(S(N)(=O)=O)c2C)C1. The molecule has 0 aromatic carbocycles. The highest BCUT2D eigenvalue weighted by Crippen LogP contribution is 2.26. The van der Waals surface area contributed by atoms with Crippen LogP contribution in [0.1, 0.15) is 35.2 Å². The molecule has 1 amide bonds. The van der Waals surface area contributed by atoms with Gasteiger partial charge in [-0.05, 0) is 31.7 Å². The Balaban J connectivity index is 2.09. The lowest BCUT2D eigenvalue weighted by molar-refractivity contribution is 0.0915. The molecule has 0 saturated heterocycles. The summed E-state index contributed by atoms with van der Waals surface area (Å²) in [4.78, 5) is 12.2. The van der Waals surface area contributed by atoms with Crippen molar-refractivity contribution in [3.63, 3.8) is 0 Å². The van der Waals surface area contributed by atoms with Crippen molar-refractivity contribution in [3.05, 3.63) is 16.5 Å². The molecule has 1 aromatic rings. The van der Waals surface area contributed by atoms with E-state index in [1.807, 2.05) is 0 Å². The Bertz CT molecular complexity index is 609. The minimum atomic E-state index is -3.77. The van der Waals surface area contributed by atoms with Gasteiger partial charge in [0.2, 0.25) is 10.0 Å². The Morgan fingerprint density at radius 3 is 2.70 bits per heavy atom. The summed E-state index contributed by atoms with van der Waals surface area (Å²) in [5.41, 5.74) is 0.788. The van der Waals surface area contributed by atoms with Crippen molar-refractivity contribution in [2.75, 3.05) is 7.11 Å². The number of hydrogen-bond acceptors (Lipinski definition) is 5. The summed E-state index contributed by atoms with van der Waals surface area (Å²) in [6, 6.07) is 0.0738. The molecule has 2 rings (SSSR count). The van der Waals surface area contributed by atoms with Gasteiger partial charge in [-0.1, -0.05) is 0 Å². The lowest BCUT2D eigenvalue weighted by atomic mass is 10.2. The fraction of sp³-hybridized carbons (Fsp3) is 0.583. The van der Waals surface area contributed by atoms with Crippen LogP contribution in [0.15, 0.2) is 9.59 Å². The summed E-state index contributed by atoms with van der Waals surface area (Å²) in [5, 5.41) is 9.56. The first kappa shape index (κ1) is 15.4. The van der Waals surface area contributed by atoms with Gasteiger partial charge in [-0.25, -0.2) is 13.6 Å². The van der Waals surface area contributed by atoms with Crippen LogP contribution in [-0.2, 0) is 14.8 Å². The molecule has 3 N–H and O–H groups in total. The summed E-state index contributed by atoms with van der Waals surface area (Å²) >= 11 is 0.976. The normalized spacial score (nSPS) is 22.9. The van der Waals surface area contributed by atoms with Crippen molar-refractivity contribution >= 4 is 27.3 Å². The van der Waals surface area contributed by atoms with E-state index in [4.69, 9.17) is 9.88 Å². The number of primary sulfonamides is 1. The quantitative estimate of drug-likeness (QED) is 0.865. The molecule has 0 bridgehead atoms. The number of carbonyl (C=O) groups is 1. The molecule has 0 spiro atoms. The molecule has 1 heterocycles. The molecule has 0 aliphatic heterocycles. The molecule has 1 aliphatic carbocycles.